The molecule has 2 aromatic heterocycles. The molecule has 1 amide bonds. The Hall–Kier alpha value is -2.86. The Morgan fingerprint density at radius 3 is 2.48 bits per heavy atom. The predicted molar refractivity (Wildman–Crippen MR) is 102 cm³/mol. The summed E-state index contributed by atoms with van der Waals surface area (Å²) in [6, 6.07) is 0.951. The first-order valence-corrected chi connectivity index (χ1v) is 10.4. The second-order valence-corrected chi connectivity index (χ2v) is 8.53. The van der Waals surface area contributed by atoms with Crippen LogP contribution in [0.1, 0.15) is 42.9 Å². The molecule has 3 atom stereocenters. The number of carbonyl (C=O) groups is 1. The van der Waals surface area contributed by atoms with Gasteiger partial charge in [-0.05, 0) is 24.5 Å². The first kappa shape index (κ1) is 23.3. The fourth-order valence-electron chi connectivity index (χ4n) is 4.24. The Bertz CT molecular complexity index is 1090. The van der Waals surface area contributed by atoms with Crippen molar-refractivity contribution in [2.45, 2.75) is 57.0 Å². The summed E-state index contributed by atoms with van der Waals surface area (Å²) in [5.74, 6) is -5.99. The highest BCUT2D eigenvalue weighted by Gasteiger charge is 2.48. The number of carbonyl (C=O) groups excluding carboxylic acids is 1. The van der Waals surface area contributed by atoms with Gasteiger partial charge < -0.3 is 4.90 Å². The van der Waals surface area contributed by atoms with Crippen LogP contribution in [0.3, 0.4) is 0 Å². The molecule has 4 heterocycles. The number of likely N-dealkylation sites (tertiary alicyclic amines) is 1. The van der Waals surface area contributed by atoms with E-state index in [2.05, 4.69) is 10.1 Å². The summed E-state index contributed by atoms with van der Waals surface area (Å²) in [7, 11) is 0. The van der Waals surface area contributed by atoms with Gasteiger partial charge in [0.05, 0.1) is 19.0 Å². The van der Waals surface area contributed by atoms with Crippen LogP contribution >= 0.6 is 0 Å². The first-order valence-electron chi connectivity index (χ1n) is 10.4. The van der Waals surface area contributed by atoms with Gasteiger partial charge in [-0.15, -0.1) is 0 Å². The monoisotopic (exact) mass is 477 g/mol. The molecule has 1 fully saturated rings. The summed E-state index contributed by atoms with van der Waals surface area (Å²) >= 11 is 0. The average molecular weight is 477 g/mol. The topological polar surface area (TPSA) is 73.0 Å². The van der Waals surface area contributed by atoms with Gasteiger partial charge >= 0.3 is 11.9 Å². The molecule has 0 aliphatic carbocycles. The van der Waals surface area contributed by atoms with Gasteiger partial charge in [-0.1, -0.05) is 6.07 Å². The van der Waals surface area contributed by atoms with Crippen LogP contribution in [0.5, 0.6) is 0 Å². The minimum absolute atomic E-state index is 0.0610. The maximum atomic E-state index is 13.6. The number of pyridine rings is 1. The molecule has 13 heteroatoms. The van der Waals surface area contributed by atoms with E-state index in [1.165, 1.54) is 6.07 Å². The van der Waals surface area contributed by atoms with Crippen molar-refractivity contribution >= 4 is 5.91 Å². The van der Waals surface area contributed by atoms with E-state index in [0.29, 0.717) is 12.5 Å². The van der Waals surface area contributed by atoms with Crippen LogP contribution in [0.25, 0.3) is 0 Å². The Labute approximate surface area is 184 Å². The Morgan fingerprint density at radius 2 is 1.94 bits per heavy atom. The van der Waals surface area contributed by atoms with E-state index in [1.807, 2.05) is 0 Å². The van der Waals surface area contributed by atoms with Gasteiger partial charge in [0.25, 0.3) is 5.92 Å². The van der Waals surface area contributed by atoms with Crippen LogP contribution in [0.2, 0.25) is 0 Å². The molecule has 0 saturated carbocycles. The van der Waals surface area contributed by atoms with Crippen LogP contribution in [0.4, 0.5) is 26.3 Å². The number of amides is 1. The molecule has 180 valence electrons. The van der Waals surface area contributed by atoms with Gasteiger partial charge in [-0.25, -0.2) is 13.9 Å². The number of alkyl halides is 6. The lowest BCUT2D eigenvalue weighted by Gasteiger charge is -2.32. The summed E-state index contributed by atoms with van der Waals surface area (Å²) < 4.78 is 82.7. The van der Waals surface area contributed by atoms with E-state index in [0.717, 1.165) is 26.4 Å². The van der Waals surface area contributed by atoms with Gasteiger partial charge in [0.15, 0.2) is 0 Å². The number of hydrogen-bond donors (Lipinski definition) is 0. The zero-order valence-electron chi connectivity index (χ0n) is 17.5. The zero-order chi connectivity index (χ0) is 24.1. The number of halogens is 6. The molecule has 33 heavy (non-hydrogen) atoms. The maximum absolute atomic E-state index is 13.6. The lowest BCUT2D eigenvalue weighted by atomic mass is 9.91. The van der Waals surface area contributed by atoms with Gasteiger partial charge in [-0.2, -0.15) is 27.1 Å². The predicted octanol–water partition coefficient (Wildman–Crippen LogP) is 2.84. The standard InChI is InChI=1S/C20H21F6N5O2/c1-19(22,23)15-3-2-11(8-27-15)9-30-18(33)31-14(17(32)29-5-4-13(21)10-29)6-12(20(24,25)26)7-16(31)28-30/h2-3,8,12-14H,4-7,9-10H2,1H3/t12-,13+,14+/m1/s1. The Kier molecular flexibility index (Phi) is 5.77. The van der Waals surface area contributed by atoms with E-state index >= 15 is 0 Å². The van der Waals surface area contributed by atoms with Crippen molar-refractivity contribution in [3.63, 3.8) is 0 Å². The molecular weight excluding hydrogens is 456 g/mol. The highest BCUT2D eigenvalue weighted by atomic mass is 19.4. The lowest BCUT2D eigenvalue weighted by Crippen LogP contribution is -2.45. The van der Waals surface area contributed by atoms with Crippen molar-refractivity contribution in [3.8, 4) is 0 Å². The summed E-state index contributed by atoms with van der Waals surface area (Å²) in [4.78, 5) is 30.7. The third-order valence-corrected chi connectivity index (χ3v) is 5.99. The number of aromatic nitrogens is 4. The summed E-state index contributed by atoms with van der Waals surface area (Å²) in [5, 5.41) is 4.00. The van der Waals surface area contributed by atoms with Crippen LogP contribution in [0.15, 0.2) is 23.1 Å². The highest BCUT2D eigenvalue weighted by molar-refractivity contribution is 5.81. The normalized spacial score (nSPS) is 23.6. The molecule has 4 rings (SSSR count). The molecular formula is C20H21F6N5O2. The van der Waals surface area contributed by atoms with Crippen molar-refractivity contribution in [1.29, 1.82) is 0 Å². The minimum Gasteiger partial charge on any atom is -0.338 e. The van der Waals surface area contributed by atoms with Gasteiger partial charge in [0, 0.05) is 26.1 Å². The zero-order valence-corrected chi connectivity index (χ0v) is 17.5. The first-order chi connectivity index (χ1) is 15.3. The highest BCUT2D eigenvalue weighted by Crippen LogP contribution is 2.39. The van der Waals surface area contributed by atoms with Crippen molar-refractivity contribution in [2.75, 3.05) is 13.1 Å². The fraction of sp³-hybridized carbons (Fsp3) is 0.600. The molecule has 2 aromatic rings. The largest absolute Gasteiger partial charge is 0.392 e. The third-order valence-electron chi connectivity index (χ3n) is 5.99. The van der Waals surface area contributed by atoms with Crippen LogP contribution in [-0.2, 0) is 23.7 Å². The Balaban J connectivity index is 1.66. The fourth-order valence-corrected chi connectivity index (χ4v) is 4.24. The molecule has 2 aliphatic heterocycles. The summed E-state index contributed by atoms with van der Waals surface area (Å²) in [5.41, 5.74) is -0.946. The van der Waals surface area contributed by atoms with Crippen LogP contribution in [-0.4, -0.2) is 55.6 Å². The van der Waals surface area contributed by atoms with Gasteiger partial charge in [-0.3, -0.25) is 14.3 Å². The van der Waals surface area contributed by atoms with Gasteiger partial charge in [0.1, 0.15) is 23.7 Å². The Morgan fingerprint density at radius 1 is 1.21 bits per heavy atom. The van der Waals surface area contributed by atoms with E-state index in [9.17, 15) is 35.9 Å². The van der Waals surface area contributed by atoms with Crippen LogP contribution < -0.4 is 5.69 Å². The third kappa shape index (κ3) is 4.62. The SMILES string of the molecule is CC(F)(F)c1ccc(Cn2nc3n(c2=O)[C@H](C(=O)N2CC[C@H](F)C2)C[C@@H](C(F)(F)F)C3)cn1. The molecule has 0 bridgehead atoms. The molecule has 0 spiro atoms. The number of rotatable bonds is 4. The molecule has 0 N–H and O–H groups in total. The van der Waals surface area contributed by atoms with E-state index in [1.54, 1.807) is 0 Å². The van der Waals surface area contributed by atoms with Crippen molar-refractivity contribution in [3.05, 3.63) is 45.9 Å². The summed E-state index contributed by atoms with van der Waals surface area (Å²) in [6.07, 6.45) is -5.88. The van der Waals surface area contributed by atoms with E-state index in [4.69, 9.17) is 0 Å². The second kappa shape index (κ2) is 8.17. The maximum Gasteiger partial charge on any atom is 0.392 e. The quantitative estimate of drug-likeness (QED) is 0.635. The molecule has 0 radical (unpaired) electrons. The van der Waals surface area contributed by atoms with Crippen molar-refractivity contribution in [1.82, 2.24) is 24.2 Å². The number of nitrogens with zero attached hydrogens (tertiary/aromatic N) is 5. The number of hydrogen-bond acceptors (Lipinski definition) is 4. The van der Waals surface area contributed by atoms with E-state index < -0.39 is 60.4 Å². The molecule has 0 aromatic carbocycles. The van der Waals surface area contributed by atoms with Crippen molar-refractivity contribution < 1.29 is 31.1 Å². The minimum atomic E-state index is -4.61. The van der Waals surface area contributed by atoms with E-state index in [-0.39, 0.29) is 31.9 Å². The van der Waals surface area contributed by atoms with Gasteiger partial charge in [0.2, 0.25) is 5.91 Å². The molecule has 0 unspecified atom stereocenters. The average Bonchev–Trinajstić information content (AvgIpc) is 3.29. The smallest absolute Gasteiger partial charge is 0.338 e. The summed E-state index contributed by atoms with van der Waals surface area (Å²) in [6.45, 7) is 0.285. The number of fused-ring (bicyclic) bond motifs is 1. The van der Waals surface area contributed by atoms with Crippen LogP contribution in [0, 0.1) is 5.92 Å². The molecule has 1 saturated heterocycles. The molecule has 7 nitrogen and oxygen atoms in total. The second-order valence-electron chi connectivity index (χ2n) is 8.53. The molecule has 2 aliphatic rings. The van der Waals surface area contributed by atoms with Crippen molar-refractivity contribution in [2.24, 2.45) is 5.92 Å². The lowest BCUT2D eigenvalue weighted by molar-refractivity contribution is -0.183.